The maximum absolute atomic E-state index is 5.99. The Bertz CT molecular complexity index is 403. The van der Waals surface area contributed by atoms with Crippen LogP contribution in [0.4, 0.5) is 5.69 Å². The van der Waals surface area contributed by atoms with Crippen LogP contribution in [-0.2, 0) is 0 Å². The van der Waals surface area contributed by atoms with Gasteiger partial charge in [0.1, 0.15) is 0 Å². The van der Waals surface area contributed by atoms with Crippen molar-refractivity contribution in [1.82, 2.24) is 5.12 Å². The van der Waals surface area contributed by atoms with Crippen molar-refractivity contribution in [1.29, 1.82) is 0 Å². The molecule has 0 amide bonds. The highest BCUT2D eigenvalue weighted by Gasteiger charge is 2.15. The van der Waals surface area contributed by atoms with Crippen molar-refractivity contribution in [3.05, 3.63) is 48.4 Å². The van der Waals surface area contributed by atoms with Gasteiger partial charge in [-0.2, -0.15) is 5.12 Å². The molecule has 84 valence electrons. The lowest BCUT2D eigenvalue weighted by Crippen LogP contribution is -2.48. The number of hydrogen-bond acceptors (Lipinski definition) is 4. The SMILES string of the molecule is C=CCN(N)N1CC=CSc2ccccc21. The number of nitrogens with two attached hydrogens (primary N) is 1. The number of thioether (sulfide) groups is 1. The molecule has 1 heterocycles. The van der Waals surface area contributed by atoms with E-state index in [2.05, 4.69) is 30.2 Å². The van der Waals surface area contributed by atoms with E-state index in [0.717, 1.165) is 12.2 Å². The normalized spacial score (nSPS) is 14.8. The molecule has 0 unspecified atom stereocenters. The number of fused-ring (bicyclic) bond motifs is 1. The summed E-state index contributed by atoms with van der Waals surface area (Å²) in [7, 11) is 0. The van der Waals surface area contributed by atoms with Crippen molar-refractivity contribution >= 4 is 17.4 Å². The first-order chi connectivity index (χ1) is 7.83. The first-order valence-corrected chi connectivity index (χ1v) is 6.02. The van der Waals surface area contributed by atoms with E-state index in [1.807, 2.05) is 17.1 Å². The number of hydrogen-bond donors (Lipinski definition) is 1. The monoisotopic (exact) mass is 233 g/mol. The Labute approximate surface area is 100 Å². The molecule has 2 rings (SSSR count). The Morgan fingerprint density at radius 1 is 1.50 bits per heavy atom. The summed E-state index contributed by atoms with van der Waals surface area (Å²) >= 11 is 1.72. The lowest BCUT2D eigenvalue weighted by molar-refractivity contribution is 0.292. The van der Waals surface area contributed by atoms with E-state index in [-0.39, 0.29) is 0 Å². The second kappa shape index (κ2) is 5.21. The summed E-state index contributed by atoms with van der Waals surface area (Å²) in [6, 6.07) is 8.25. The van der Waals surface area contributed by atoms with E-state index in [9.17, 15) is 0 Å². The molecule has 16 heavy (non-hydrogen) atoms. The third-order valence-electron chi connectivity index (χ3n) is 2.34. The first kappa shape index (κ1) is 11.3. The minimum atomic E-state index is 0.632. The van der Waals surface area contributed by atoms with Gasteiger partial charge in [-0.25, -0.2) is 0 Å². The Kier molecular flexibility index (Phi) is 3.66. The van der Waals surface area contributed by atoms with E-state index in [4.69, 9.17) is 5.84 Å². The summed E-state index contributed by atoms with van der Waals surface area (Å²) in [4.78, 5) is 1.22. The quantitative estimate of drug-likeness (QED) is 0.493. The zero-order chi connectivity index (χ0) is 11.4. The van der Waals surface area contributed by atoms with Gasteiger partial charge >= 0.3 is 0 Å². The van der Waals surface area contributed by atoms with Crippen LogP contribution in [0.25, 0.3) is 0 Å². The van der Waals surface area contributed by atoms with Crippen molar-refractivity contribution in [2.45, 2.75) is 4.90 Å². The van der Waals surface area contributed by atoms with Crippen LogP contribution in [-0.4, -0.2) is 18.2 Å². The van der Waals surface area contributed by atoms with E-state index in [0.29, 0.717) is 6.54 Å². The van der Waals surface area contributed by atoms with Crippen LogP contribution in [0, 0.1) is 0 Å². The molecule has 0 aromatic heterocycles. The van der Waals surface area contributed by atoms with Gasteiger partial charge in [0.25, 0.3) is 0 Å². The average molecular weight is 233 g/mol. The number of benzene rings is 1. The van der Waals surface area contributed by atoms with Gasteiger partial charge in [-0.15, -0.1) is 6.58 Å². The van der Waals surface area contributed by atoms with Crippen LogP contribution >= 0.6 is 11.8 Å². The topological polar surface area (TPSA) is 32.5 Å². The summed E-state index contributed by atoms with van der Waals surface area (Å²) in [5, 5.41) is 5.83. The molecule has 0 spiro atoms. The minimum Gasteiger partial charge on any atom is -0.287 e. The van der Waals surface area contributed by atoms with Crippen LogP contribution in [0.2, 0.25) is 0 Å². The maximum Gasteiger partial charge on any atom is 0.0678 e. The number of hydrazine groups is 2. The van der Waals surface area contributed by atoms with E-state index in [1.54, 1.807) is 23.0 Å². The maximum atomic E-state index is 5.99. The molecule has 0 bridgehead atoms. The zero-order valence-corrected chi connectivity index (χ0v) is 9.86. The zero-order valence-electron chi connectivity index (χ0n) is 9.04. The van der Waals surface area contributed by atoms with E-state index in [1.165, 1.54) is 4.90 Å². The molecular weight excluding hydrogens is 218 g/mol. The molecule has 1 aromatic carbocycles. The van der Waals surface area contributed by atoms with Gasteiger partial charge in [-0.3, -0.25) is 10.9 Å². The number of anilines is 1. The highest BCUT2D eigenvalue weighted by Crippen LogP contribution is 2.33. The molecule has 1 aromatic rings. The van der Waals surface area contributed by atoms with Crippen molar-refractivity contribution < 1.29 is 0 Å². The second-order valence-electron chi connectivity index (χ2n) is 3.45. The van der Waals surface area contributed by atoms with Crippen LogP contribution in [0.5, 0.6) is 0 Å². The van der Waals surface area contributed by atoms with Crippen LogP contribution in [0.15, 0.2) is 53.3 Å². The molecule has 0 aliphatic carbocycles. The minimum absolute atomic E-state index is 0.632. The first-order valence-electron chi connectivity index (χ1n) is 5.14. The number of nitrogens with zero attached hydrogens (tertiary/aromatic N) is 2. The Morgan fingerprint density at radius 3 is 3.12 bits per heavy atom. The van der Waals surface area contributed by atoms with Gasteiger partial charge in [-0.05, 0) is 17.5 Å². The van der Waals surface area contributed by atoms with E-state index >= 15 is 0 Å². The molecule has 0 fully saturated rings. The lowest BCUT2D eigenvalue weighted by atomic mass is 10.3. The fourth-order valence-electron chi connectivity index (χ4n) is 1.61. The number of rotatable bonds is 3. The molecule has 1 aliphatic rings. The fourth-order valence-corrected chi connectivity index (χ4v) is 2.39. The predicted octanol–water partition coefficient (Wildman–Crippen LogP) is 2.39. The summed E-state index contributed by atoms with van der Waals surface area (Å²) in [6.07, 6.45) is 3.90. The molecule has 4 heteroatoms. The standard InChI is InChI=1S/C12H15N3S/c1-2-8-15(13)14-9-5-10-16-12-7-4-3-6-11(12)14/h2-7,10H,1,8-9,13H2. The van der Waals surface area contributed by atoms with Gasteiger partial charge in [-0.1, -0.05) is 36.0 Å². The van der Waals surface area contributed by atoms with Gasteiger partial charge in [0.05, 0.1) is 18.8 Å². The fraction of sp³-hybridized carbons (Fsp3) is 0.167. The lowest BCUT2D eigenvalue weighted by Gasteiger charge is -2.31. The summed E-state index contributed by atoms with van der Waals surface area (Å²) in [5.74, 6) is 5.99. The van der Waals surface area contributed by atoms with Crippen LogP contribution in [0.3, 0.4) is 0 Å². The number of para-hydroxylation sites is 1. The van der Waals surface area contributed by atoms with Crippen LogP contribution < -0.4 is 10.9 Å². The van der Waals surface area contributed by atoms with Gasteiger partial charge in [0, 0.05) is 4.90 Å². The smallest absolute Gasteiger partial charge is 0.0678 e. The Balaban J connectivity index is 2.32. The molecular formula is C12H15N3S. The molecule has 3 nitrogen and oxygen atoms in total. The van der Waals surface area contributed by atoms with Crippen LogP contribution in [0.1, 0.15) is 0 Å². The summed E-state index contributed by atoms with van der Waals surface area (Å²) in [5.41, 5.74) is 1.14. The largest absolute Gasteiger partial charge is 0.287 e. The van der Waals surface area contributed by atoms with Gasteiger partial charge < -0.3 is 0 Å². The molecule has 0 atom stereocenters. The summed E-state index contributed by atoms with van der Waals surface area (Å²) < 4.78 is 0. The highest BCUT2D eigenvalue weighted by atomic mass is 32.2. The molecule has 1 aliphatic heterocycles. The van der Waals surface area contributed by atoms with Gasteiger partial charge in [0.15, 0.2) is 0 Å². The third kappa shape index (κ3) is 2.29. The molecule has 0 saturated carbocycles. The Morgan fingerprint density at radius 2 is 2.31 bits per heavy atom. The third-order valence-corrected chi connectivity index (χ3v) is 3.27. The van der Waals surface area contributed by atoms with Crippen molar-refractivity contribution in [2.75, 3.05) is 18.1 Å². The van der Waals surface area contributed by atoms with Gasteiger partial charge in [0.2, 0.25) is 0 Å². The van der Waals surface area contributed by atoms with Crippen molar-refractivity contribution in [2.24, 2.45) is 5.84 Å². The van der Waals surface area contributed by atoms with E-state index < -0.39 is 0 Å². The van der Waals surface area contributed by atoms with Crippen molar-refractivity contribution in [3.8, 4) is 0 Å². The molecule has 0 saturated heterocycles. The average Bonchev–Trinajstić information content (AvgIpc) is 2.51. The molecule has 2 N–H and O–H groups in total. The van der Waals surface area contributed by atoms with Crippen molar-refractivity contribution in [3.63, 3.8) is 0 Å². The predicted molar refractivity (Wildman–Crippen MR) is 69.9 cm³/mol. The molecule has 0 radical (unpaired) electrons. The second-order valence-corrected chi connectivity index (χ2v) is 4.40. The highest BCUT2D eigenvalue weighted by molar-refractivity contribution is 8.02. The summed E-state index contributed by atoms with van der Waals surface area (Å²) in [6.45, 7) is 5.12. The Hall–Kier alpha value is -1.23.